The number of likely N-dealkylation sites (tertiary alicyclic amines) is 1. The SMILES string of the molecule is O=C(c1cncc(-c2ccccc2)c1)N1CCC(NCC2CC2)CC1. The molecule has 1 saturated heterocycles. The van der Waals surface area contributed by atoms with Gasteiger partial charge in [0, 0.05) is 37.1 Å². The van der Waals surface area contributed by atoms with Crippen LogP contribution in [0.15, 0.2) is 48.8 Å². The fourth-order valence-electron chi connectivity index (χ4n) is 3.47. The van der Waals surface area contributed by atoms with Gasteiger partial charge in [-0.05, 0) is 49.8 Å². The average molecular weight is 335 g/mol. The van der Waals surface area contributed by atoms with Crippen molar-refractivity contribution in [2.45, 2.75) is 31.7 Å². The van der Waals surface area contributed by atoms with Gasteiger partial charge in [0.05, 0.1) is 5.56 Å². The third kappa shape index (κ3) is 4.07. The highest BCUT2D eigenvalue weighted by Gasteiger charge is 2.26. The number of hydrogen-bond donors (Lipinski definition) is 1. The maximum atomic E-state index is 12.8. The van der Waals surface area contributed by atoms with E-state index in [4.69, 9.17) is 0 Å². The van der Waals surface area contributed by atoms with Crippen LogP contribution in [0.3, 0.4) is 0 Å². The lowest BCUT2D eigenvalue weighted by molar-refractivity contribution is 0.0704. The zero-order valence-corrected chi connectivity index (χ0v) is 14.5. The van der Waals surface area contributed by atoms with Gasteiger partial charge in [-0.1, -0.05) is 30.3 Å². The minimum Gasteiger partial charge on any atom is -0.338 e. The van der Waals surface area contributed by atoms with Crippen molar-refractivity contribution >= 4 is 5.91 Å². The highest BCUT2D eigenvalue weighted by Crippen LogP contribution is 2.28. The van der Waals surface area contributed by atoms with E-state index in [1.54, 1.807) is 6.20 Å². The van der Waals surface area contributed by atoms with Gasteiger partial charge in [0.2, 0.25) is 0 Å². The van der Waals surface area contributed by atoms with Crippen LogP contribution in [-0.4, -0.2) is 41.5 Å². The summed E-state index contributed by atoms with van der Waals surface area (Å²) >= 11 is 0. The largest absolute Gasteiger partial charge is 0.338 e. The summed E-state index contributed by atoms with van der Waals surface area (Å²) in [7, 11) is 0. The summed E-state index contributed by atoms with van der Waals surface area (Å²) in [5, 5.41) is 3.66. The molecule has 0 bridgehead atoms. The first-order valence-electron chi connectivity index (χ1n) is 9.33. The van der Waals surface area contributed by atoms with E-state index < -0.39 is 0 Å². The number of pyridine rings is 1. The quantitative estimate of drug-likeness (QED) is 0.911. The number of rotatable bonds is 5. The van der Waals surface area contributed by atoms with Gasteiger partial charge < -0.3 is 10.2 Å². The summed E-state index contributed by atoms with van der Waals surface area (Å²) in [4.78, 5) is 19.1. The summed E-state index contributed by atoms with van der Waals surface area (Å²) < 4.78 is 0. The Morgan fingerprint density at radius 2 is 1.80 bits per heavy atom. The van der Waals surface area contributed by atoms with Gasteiger partial charge >= 0.3 is 0 Å². The lowest BCUT2D eigenvalue weighted by atomic mass is 10.0. The molecule has 1 aliphatic carbocycles. The van der Waals surface area contributed by atoms with Crippen molar-refractivity contribution in [3.05, 3.63) is 54.4 Å². The van der Waals surface area contributed by atoms with Crippen molar-refractivity contribution in [3.8, 4) is 11.1 Å². The van der Waals surface area contributed by atoms with E-state index in [0.29, 0.717) is 11.6 Å². The molecule has 0 spiro atoms. The van der Waals surface area contributed by atoms with Crippen LogP contribution in [0.25, 0.3) is 11.1 Å². The fraction of sp³-hybridized carbons (Fsp3) is 0.429. The van der Waals surface area contributed by atoms with Crippen LogP contribution in [0.4, 0.5) is 0 Å². The van der Waals surface area contributed by atoms with Gasteiger partial charge in [0.25, 0.3) is 5.91 Å². The Balaban J connectivity index is 1.38. The number of nitrogens with zero attached hydrogens (tertiary/aromatic N) is 2. The van der Waals surface area contributed by atoms with E-state index in [-0.39, 0.29) is 5.91 Å². The first kappa shape index (κ1) is 16.3. The number of benzene rings is 1. The van der Waals surface area contributed by atoms with Crippen LogP contribution in [0.5, 0.6) is 0 Å². The lowest BCUT2D eigenvalue weighted by Gasteiger charge is -2.32. The molecule has 0 unspecified atom stereocenters. The Hall–Kier alpha value is -2.20. The third-order valence-electron chi connectivity index (χ3n) is 5.27. The molecule has 2 aliphatic rings. The molecule has 1 saturated carbocycles. The molecule has 0 radical (unpaired) electrons. The van der Waals surface area contributed by atoms with E-state index in [0.717, 1.165) is 49.5 Å². The molecule has 1 N–H and O–H groups in total. The average Bonchev–Trinajstić information content (AvgIpc) is 3.52. The number of carbonyl (C=O) groups excluding carboxylic acids is 1. The Morgan fingerprint density at radius 3 is 2.52 bits per heavy atom. The number of carbonyl (C=O) groups is 1. The Kier molecular flexibility index (Phi) is 4.79. The Labute approximate surface area is 149 Å². The summed E-state index contributed by atoms with van der Waals surface area (Å²) in [5.41, 5.74) is 2.77. The first-order chi connectivity index (χ1) is 12.3. The molecule has 1 amide bonds. The molecule has 2 aromatic rings. The predicted molar refractivity (Wildman–Crippen MR) is 99.3 cm³/mol. The van der Waals surface area contributed by atoms with Crippen LogP contribution in [-0.2, 0) is 0 Å². The molecular formula is C21H25N3O. The second kappa shape index (κ2) is 7.36. The van der Waals surface area contributed by atoms with Gasteiger partial charge in [-0.3, -0.25) is 9.78 Å². The van der Waals surface area contributed by atoms with Gasteiger partial charge in [-0.25, -0.2) is 0 Å². The highest BCUT2D eigenvalue weighted by atomic mass is 16.2. The van der Waals surface area contributed by atoms with Crippen molar-refractivity contribution in [2.24, 2.45) is 5.92 Å². The third-order valence-corrected chi connectivity index (χ3v) is 5.27. The number of piperidine rings is 1. The van der Waals surface area contributed by atoms with E-state index in [1.807, 2.05) is 47.5 Å². The molecule has 130 valence electrons. The van der Waals surface area contributed by atoms with Gasteiger partial charge in [-0.2, -0.15) is 0 Å². The molecule has 4 nitrogen and oxygen atoms in total. The molecule has 1 aliphatic heterocycles. The Bertz CT molecular complexity index is 719. The maximum absolute atomic E-state index is 12.8. The zero-order chi connectivity index (χ0) is 17.1. The number of nitrogens with one attached hydrogen (secondary N) is 1. The van der Waals surface area contributed by atoms with Crippen molar-refractivity contribution in [2.75, 3.05) is 19.6 Å². The van der Waals surface area contributed by atoms with E-state index in [9.17, 15) is 4.79 Å². The van der Waals surface area contributed by atoms with Crippen molar-refractivity contribution in [3.63, 3.8) is 0 Å². The number of amides is 1. The van der Waals surface area contributed by atoms with Gasteiger partial charge in [0.15, 0.2) is 0 Å². The van der Waals surface area contributed by atoms with E-state index >= 15 is 0 Å². The predicted octanol–water partition coefficient (Wildman–Crippen LogP) is 3.35. The normalized spacial score (nSPS) is 18.3. The molecule has 1 aromatic heterocycles. The monoisotopic (exact) mass is 335 g/mol. The van der Waals surface area contributed by atoms with Crippen molar-refractivity contribution < 1.29 is 4.79 Å². The summed E-state index contributed by atoms with van der Waals surface area (Å²) in [5.74, 6) is 1.01. The summed E-state index contributed by atoms with van der Waals surface area (Å²) in [6, 6.07) is 12.6. The van der Waals surface area contributed by atoms with E-state index in [2.05, 4.69) is 10.3 Å². The van der Waals surface area contributed by atoms with Crippen LogP contribution >= 0.6 is 0 Å². The van der Waals surface area contributed by atoms with E-state index in [1.165, 1.54) is 12.8 Å². The molecule has 1 aromatic carbocycles. The van der Waals surface area contributed by atoms with Crippen LogP contribution < -0.4 is 5.32 Å². The van der Waals surface area contributed by atoms with Crippen LogP contribution in [0.1, 0.15) is 36.0 Å². The summed E-state index contributed by atoms with van der Waals surface area (Å²) in [6.45, 7) is 2.81. The lowest BCUT2D eigenvalue weighted by Crippen LogP contribution is -2.45. The van der Waals surface area contributed by atoms with Crippen molar-refractivity contribution in [1.82, 2.24) is 15.2 Å². The topological polar surface area (TPSA) is 45.2 Å². The number of hydrogen-bond acceptors (Lipinski definition) is 3. The second-order valence-corrected chi connectivity index (χ2v) is 7.25. The van der Waals surface area contributed by atoms with Gasteiger partial charge in [-0.15, -0.1) is 0 Å². The molecule has 4 heteroatoms. The molecular weight excluding hydrogens is 310 g/mol. The fourth-order valence-corrected chi connectivity index (χ4v) is 3.47. The molecule has 2 heterocycles. The van der Waals surface area contributed by atoms with Gasteiger partial charge in [0.1, 0.15) is 0 Å². The van der Waals surface area contributed by atoms with Crippen LogP contribution in [0, 0.1) is 5.92 Å². The Morgan fingerprint density at radius 1 is 1.04 bits per heavy atom. The van der Waals surface area contributed by atoms with Crippen LogP contribution in [0.2, 0.25) is 0 Å². The second-order valence-electron chi connectivity index (χ2n) is 7.25. The standard InChI is InChI=1S/C21H25N3O/c25-21(24-10-8-20(9-11-24)23-13-16-6-7-16)19-12-18(14-22-15-19)17-4-2-1-3-5-17/h1-5,12,14-16,20,23H,6-11,13H2. The molecule has 2 fully saturated rings. The minimum absolute atomic E-state index is 0.103. The van der Waals surface area contributed by atoms with Crippen molar-refractivity contribution in [1.29, 1.82) is 0 Å². The smallest absolute Gasteiger partial charge is 0.255 e. The molecule has 25 heavy (non-hydrogen) atoms. The molecule has 0 atom stereocenters. The maximum Gasteiger partial charge on any atom is 0.255 e. The minimum atomic E-state index is 0.103. The summed E-state index contributed by atoms with van der Waals surface area (Å²) in [6.07, 6.45) is 8.37. The number of aromatic nitrogens is 1. The zero-order valence-electron chi connectivity index (χ0n) is 14.5. The molecule has 4 rings (SSSR count). The first-order valence-corrected chi connectivity index (χ1v) is 9.33. The highest BCUT2D eigenvalue weighted by molar-refractivity contribution is 5.95.